The van der Waals surface area contributed by atoms with Crippen LogP contribution in [0.1, 0.15) is 29.8 Å². The Hall–Kier alpha value is -2.47. The molecule has 22 heavy (non-hydrogen) atoms. The van der Waals surface area contributed by atoms with Crippen molar-refractivity contribution in [3.8, 4) is 11.3 Å². The molecular formula is C16H15N5O. The van der Waals surface area contributed by atoms with Crippen LogP contribution in [0.2, 0.25) is 0 Å². The molecule has 2 aliphatic rings. The second kappa shape index (κ2) is 4.27. The smallest absolute Gasteiger partial charge is 0.102 e. The van der Waals surface area contributed by atoms with Crippen LogP contribution < -0.4 is 0 Å². The third-order valence-electron chi connectivity index (χ3n) is 4.96. The first-order valence-electron chi connectivity index (χ1n) is 7.52. The molecule has 0 bridgehead atoms. The van der Waals surface area contributed by atoms with Crippen LogP contribution in [0.25, 0.3) is 11.3 Å². The summed E-state index contributed by atoms with van der Waals surface area (Å²) < 4.78 is 3.99. The molecule has 4 heterocycles. The highest BCUT2D eigenvalue weighted by atomic mass is 16.3. The van der Waals surface area contributed by atoms with E-state index < -0.39 is 6.10 Å². The van der Waals surface area contributed by atoms with Gasteiger partial charge in [-0.15, -0.1) is 5.10 Å². The molecule has 110 valence electrons. The second-order valence-electron chi connectivity index (χ2n) is 6.00. The highest BCUT2D eigenvalue weighted by Gasteiger charge is 2.41. The van der Waals surface area contributed by atoms with E-state index in [2.05, 4.69) is 44.1 Å². The molecule has 6 heteroatoms. The van der Waals surface area contributed by atoms with Crippen molar-refractivity contribution >= 4 is 0 Å². The van der Waals surface area contributed by atoms with Gasteiger partial charge in [0.2, 0.25) is 0 Å². The summed E-state index contributed by atoms with van der Waals surface area (Å²) in [6.07, 6.45) is 5.76. The Balaban J connectivity index is 1.65. The van der Waals surface area contributed by atoms with Crippen molar-refractivity contribution in [1.29, 1.82) is 0 Å². The number of rotatable bonds is 1. The summed E-state index contributed by atoms with van der Waals surface area (Å²) >= 11 is 0. The maximum Gasteiger partial charge on any atom is 0.102 e. The lowest BCUT2D eigenvalue weighted by molar-refractivity contribution is 0.0524. The second-order valence-corrected chi connectivity index (χ2v) is 6.00. The van der Waals surface area contributed by atoms with Crippen molar-refractivity contribution in [2.24, 2.45) is 5.92 Å². The van der Waals surface area contributed by atoms with Crippen LogP contribution in [0, 0.1) is 5.92 Å². The number of hydrogen-bond donors (Lipinski definition) is 1. The van der Waals surface area contributed by atoms with Crippen molar-refractivity contribution in [3.05, 3.63) is 54.2 Å². The molecule has 0 unspecified atom stereocenters. The molecule has 3 aromatic rings. The van der Waals surface area contributed by atoms with E-state index >= 15 is 0 Å². The van der Waals surface area contributed by atoms with Crippen LogP contribution in [-0.2, 0) is 6.54 Å². The predicted molar refractivity (Wildman–Crippen MR) is 78.9 cm³/mol. The molecule has 6 nitrogen and oxygen atoms in total. The third-order valence-corrected chi connectivity index (χ3v) is 4.96. The van der Waals surface area contributed by atoms with E-state index in [4.69, 9.17) is 0 Å². The van der Waals surface area contributed by atoms with Crippen molar-refractivity contribution in [3.63, 3.8) is 0 Å². The molecule has 3 atom stereocenters. The van der Waals surface area contributed by atoms with Crippen LogP contribution >= 0.6 is 0 Å². The average Bonchev–Trinajstić information content (AvgIpc) is 3.23. The lowest BCUT2D eigenvalue weighted by Crippen LogP contribution is -2.31. The van der Waals surface area contributed by atoms with Crippen LogP contribution in [-0.4, -0.2) is 29.7 Å². The lowest BCUT2D eigenvalue weighted by Gasteiger charge is -2.33. The number of aliphatic hydroxyl groups is 1. The molecule has 0 fully saturated rings. The fourth-order valence-electron chi connectivity index (χ4n) is 3.96. The molecule has 1 N–H and O–H groups in total. The van der Waals surface area contributed by atoms with Crippen LogP contribution in [0.3, 0.4) is 0 Å². The predicted octanol–water partition coefficient (Wildman–Crippen LogP) is 1.80. The molecular weight excluding hydrogens is 278 g/mol. The quantitative estimate of drug-likeness (QED) is 0.743. The number of imidazole rings is 1. The Kier molecular flexibility index (Phi) is 2.35. The minimum Gasteiger partial charge on any atom is -0.386 e. The van der Waals surface area contributed by atoms with Gasteiger partial charge in [0.1, 0.15) is 6.10 Å². The summed E-state index contributed by atoms with van der Waals surface area (Å²) in [5.74, 6) is 0.0996. The fourth-order valence-corrected chi connectivity index (χ4v) is 3.96. The van der Waals surface area contributed by atoms with Gasteiger partial charge in [0, 0.05) is 18.0 Å². The summed E-state index contributed by atoms with van der Waals surface area (Å²) in [6, 6.07) is 8.52. The van der Waals surface area contributed by atoms with Gasteiger partial charge < -0.3 is 9.67 Å². The van der Waals surface area contributed by atoms with E-state index in [0.29, 0.717) is 0 Å². The van der Waals surface area contributed by atoms with Crippen molar-refractivity contribution in [2.75, 3.05) is 0 Å². The van der Waals surface area contributed by atoms with Gasteiger partial charge in [0.05, 0.1) is 36.2 Å². The summed E-state index contributed by atoms with van der Waals surface area (Å²) in [5, 5.41) is 18.8. The zero-order chi connectivity index (χ0) is 14.7. The van der Waals surface area contributed by atoms with Crippen LogP contribution in [0.4, 0.5) is 0 Å². The van der Waals surface area contributed by atoms with Gasteiger partial charge in [-0.3, -0.25) is 0 Å². The zero-order valence-corrected chi connectivity index (χ0v) is 11.9. The van der Waals surface area contributed by atoms with E-state index in [0.717, 1.165) is 24.4 Å². The Labute approximate surface area is 127 Å². The van der Waals surface area contributed by atoms with Crippen LogP contribution in [0.5, 0.6) is 0 Å². The van der Waals surface area contributed by atoms with Crippen LogP contribution in [0.15, 0.2) is 43.0 Å². The molecule has 1 aromatic carbocycles. The largest absolute Gasteiger partial charge is 0.386 e. The first kappa shape index (κ1) is 12.1. The fraction of sp³-hybridized carbons (Fsp3) is 0.312. The van der Waals surface area contributed by atoms with Gasteiger partial charge in [-0.25, -0.2) is 9.67 Å². The number of nitrogens with zero attached hydrogens (tertiary/aromatic N) is 5. The standard InChI is InChI=1S/C16H15N5O/c22-16-12(5-6-21-14(16)8-18-19-21)15-11-4-2-1-3-10(11)13-7-17-9-20(13)15/h1-4,7-9,12,15-16,22H,5-6H2/t12-,15+,16+/m1/s1. The van der Waals surface area contributed by atoms with Crippen molar-refractivity contribution in [1.82, 2.24) is 24.5 Å². The van der Waals surface area contributed by atoms with E-state index in [-0.39, 0.29) is 12.0 Å². The van der Waals surface area contributed by atoms with E-state index in [9.17, 15) is 5.11 Å². The van der Waals surface area contributed by atoms with E-state index in [1.807, 2.05) is 12.5 Å². The maximum absolute atomic E-state index is 10.8. The lowest BCUT2D eigenvalue weighted by atomic mass is 9.83. The molecule has 2 aliphatic heterocycles. The first-order chi connectivity index (χ1) is 10.8. The molecule has 0 saturated carbocycles. The minimum atomic E-state index is -0.560. The normalized spacial score (nSPS) is 25.6. The van der Waals surface area contributed by atoms with Gasteiger partial charge in [-0.2, -0.15) is 0 Å². The Morgan fingerprint density at radius 2 is 2.09 bits per heavy atom. The van der Waals surface area contributed by atoms with E-state index in [1.54, 1.807) is 10.9 Å². The zero-order valence-electron chi connectivity index (χ0n) is 11.9. The number of aryl methyl sites for hydroxylation is 1. The molecule has 0 saturated heterocycles. The SMILES string of the molecule is O[C@@H]1c2cnnn2CC[C@@H]1[C@@H]1c2ccccc2-c2cncn21. The Morgan fingerprint density at radius 1 is 1.18 bits per heavy atom. The Morgan fingerprint density at radius 3 is 3.05 bits per heavy atom. The molecule has 0 radical (unpaired) electrons. The van der Waals surface area contributed by atoms with Gasteiger partial charge in [-0.1, -0.05) is 29.5 Å². The van der Waals surface area contributed by atoms with Crippen molar-refractivity contribution in [2.45, 2.75) is 25.1 Å². The summed E-state index contributed by atoms with van der Waals surface area (Å²) in [4.78, 5) is 4.30. The van der Waals surface area contributed by atoms with E-state index in [1.165, 1.54) is 11.1 Å². The average molecular weight is 293 g/mol. The molecule has 0 aliphatic carbocycles. The molecule has 2 aromatic heterocycles. The topological polar surface area (TPSA) is 68.8 Å². The molecule has 0 spiro atoms. The summed E-state index contributed by atoms with van der Waals surface area (Å²) in [5.41, 5.74) is 4.42. The Bertz CT molecular complexity index is 852. The van der Waals surface area contributed by atoms with Gasteiger partial charge in [0.15, 0.2) is 0 Å². The highest BCUT2D eigenvalue weighted by molar-refractivity contribution is 5.69. The first-order valence-corrected chi connectivity index (χ1v) is 7.52. The summed E-state index contributed by atoms with van der Waals surface area (Å²) in [6.45, 7) is 0.791. The maximum atomic E-state index is 10.8. The molecule has 0 amide bonds. The summed E-state index contributed by atoms with van der Waals surface area (Å²) in [7, 11) is 0. The number of fused-ring (bicyclic) bond motifs is 4. The molecule has 5 rings (SSSR count). The number of aliphatic hydroxyl groups excluding tert-OH is 1. The minimum absolute atomic E-state index is 0.0996. The highest BCUT2D eigenvalue weighted by Crippen LogP contribution is 2.48. The number of benzene rings is 1. The third kappa shape index (κ3) is 1.45. The van der Waals surface area contributed by atoms with Crippen molar-refractivity contribution < 1.29 is 5.11 Å². The number of hydrogen-bond acceptors (Lipinski definition) is 4. The number of aromatic nitrogens is 5. The monoisotopic (exact) mass is 293 g/mol. The van der Waals surface area contributed by atoms with Gasteiger partial charge in [0.25, 0.3) is 0 Å². The van der Waals surface area contributed by atoms with Gasteiger partial charge >= 0.3 is 0 Å². The van der Waals surface area contributed by atoms with Gasteiger partial charge in [-0.05, 0) is 12.0 Å².